The van der Waals surface area contributed by atoms with E-state index in [9.17, 15) is 14.9 Å². The fraction of sp³-hybridized carbons (Fsp3) is 0.455. The molecule has 0 radical (unpaired) electrons. The zero-order chi connectivity index (χ0) is 12.6. The Morgan fingerprint density at radius 2 is 2.29 bits per heavy atom. The molecule has 88 valence electrons. The minimum atomic E-state index is -0.925. The van der Waals surface area contributed by atoms with E-state index >= 15 is 0 Å². The summed E-state index contributed by atoms with van der Waals surface area (Å²) in [7, 11) is 2.91. The van der Waals surface area contributed by atoms with Crippen molar-refractivity contribution in [1.82, 2.24) is 9.78 Å². The summed E-state index contributed by atoms with van der Waals surface area (Å²) in [6.07, 6.45) is 1.63. The number of hydrogen-bond donors (Lipinski definition) is 0. The number of carbonyl (C=O) groups excluding carboxylic acids is 2. The van der Waals surface area contributed by atoms with Crippen molar-refractivity contribution in [3.8, 4) is 6.07 Å². The van der Waals surface area contributed by atoms with Crippen molar-refractivity contribution < 1.29 is 14.3 Å². The molecular weight excluding hydrogens is 222 g/mol. The number of rotatable bonds is 2. The monoisotopic (exact) mass is 233 g/mol. The van der Waals surface area contributed by atoms with E-state index in [-0.39, 0.29) is 24.2 Å². The standard InChI is InChI=1S/C11H11N3O3/c1-14-9(8(5-13-14)10(16)17-2)11(6-12)3-7(15)4-11/h5H,3-4H2,1-2H3. The van der Waals surface area contributed by atoms with Gasteiger partial charge in [-0.25, -0.2) is 4.79 Å². The molecule has 1 aliphatic rings. The third-order valence-electron chi connectivity index (χ3n) is 3.01. The van der Waals surface area contributed by atoms with Crippen molar-refractivity contribution in [2.24, 2.45) is 7.05 Å². The molecule has 17 heavy (non-hydrogen) atoms. The number of methoxy groups -OCH3 is 1. The molecular formula is C11H11N3O3. The summed E-state index contributed by atoms with van der Waals surface area (Å²) in [5.41, 5.74) is -0.207. The number of nitrogens with zero attached hydrogens (tertiary/aromatic N) is 3. The Balaban J connectivity index is 2.52. The number of esters is 1. The summed E-state index contributed by atoms with van der Waals surface area (Å²) in [6, 6.07) is 2.12. The van der Waals surface area contributed by atoms with Gasteiger partial charge in [0.25, 0.3) is 0 Å². The van der Waals surface area contributed by atoms with Crippen LogP contribution in [0, 0.1) is 11.3 Å². The van der Waals surface area contributed by atoms with E-state index in [4.69, 9.17) is 0 Å². The first-order valence-electron chi connectivity index (χ1n) is 5.08. The Hall–Kier alpha value is -2.16. The number of Topliss-reactive ketones (excluding diaryl/α,β-unsaturated/α-hetero) is 1. The van der Waals surface area contributed by atoms with Crippen molar-refractivity contribution in [2.75, 3.05) is 7.11 Å². The Morgan fingerprint density at radius 1 is 1.65 bits per heavy atom. The van der Waals surface area contributed by atoms with Gasteiger partial charge in [-0.2, -0.15) is 10.4 Å². The van der Waals surface area contributed by atoms with Crippen LogP contribution in [-0.4, -0.2) is 28.6 Å². The highest BCUT2D eigenvalue weighted by Gasteiger charge is 2.49. The van der Waals surface area contributed by atoms with Gasteiger partial charge < -0.3 is 4.74 Å². The summed E-state index contributed by atoms with van der Waals surface area (Å²) in [5.74, 6) is -0.523. The SMILES string of the molecule is COC(=O)c1cnn(C)c1C1(C#N)CC(=O)C1. The fourth-order valence-electron chi connectivity index (χ4n) is 2.19. The van der Waals surface area contributed by atoms with Crippen LogP contribution in [-0.2, 0) is 22.0 Å². The molecule has 1 aliphatic carbocycles. The molecule has 1 heterocycles. The lowest BCUT2D eigenvalue weighted by Gasteiger charge is -2.34. The first-order chi connectivity index (χ1) is 8.04. The molecule has 0 unspecified atom stereocenters. The van der Waals surface area contributed by atoms with Crippen molar-refractivity contribution in [1.29, 1.82) is 5.26 Å². The zero-order valence-corrected chi connectivity index (χ0v) is 9.56. The van der Waals surface area contributed by atoms with Crippen LogP contribution >= 0.6 is 0 Å². The van der Waals surface area contributed by atoms with Gasteiger partial charge in [0, 0.05) is 19.9 Å². The van der Waals surface area contributed by atoms with Gasteiger partial charge in [0.15, 0.2) is 0 Å². The Kier molecular flexibility index (Phi) is 2.46. The molecule has 0 aromatic carbocycles. The molecule has 0 bridgehead atoms. The molecule has 0 aliphatic heterocycles. The third kappa shape index (κ3) is 1.51. The highest BCUT2D eigenvalue weighted by atomic mass is 16.5. The summed E-state index contributed by atoms with van der Waals surface area (Å²) in [4.78, 5) is 22.7. The summed E-state index contributed by atoms with van der Waals surface area (Å²) in [6.45, 7) is 0. The van der Waals surface area contributed by atoms with Crippen LogP contribution in [0.3, 0.4) is 0 Å². The molecule has 1 aromatic heterocycles. The lowest BCUT2D eigenvalue weighted by molar-refractivity contribution is -0.126. The van der Waals surface area contributed by atoms with Crippen molar-refractivity contribution in [3.05, 3.63) is 17.5 Å². The van der Waals surface area contributed by atoms with Gasteiger partial charge in [0.2, 0.25) is 0 Å². The fourth-order valence-corrected chi connectivity index (χ4v) is 2.19. The maximum atomic E-state index is 11.6. The number of ketones is 1. The number of aromatic nitrogens is 2. The average molecular weight is 233 g/mol. The van der Waals surface area contributed by atoms with Gasteiger partial charge in [-0.05, 0) is 0 Å². The van der Waals surface area contributed by atoms with Gasteiger partial charge in [-0.1, -0.05) is 0 Å². The summed E-state index contributed by atoms with van der Waals surface area (Å²) >= 11 is 0. The predicted molar refractivity (Wildman–Crippen MR) is 56.1 cm³/mol. The number of nitriles is 1. The number of hydrogen-bond acceptors (Lipinski definition) is 5. The van der Waals surface area contributed by atoms with E-state index in [0.717, 1.165) is 0 Å². The lowest BCUT2D eigenvalue weighted by atomic mass is 9.66. The molecule has 0 saturated heterocycles. The molecule has 1 saturated carbocycles. The zero-order valence-electron chi connectivity index (χ0n) is 9.56. The molecule has 0 amide bonds. The van der Waals surface area contributed by atoms with Gasteiger partial charge in [-0.3, -0.25) is 9.48 Å². The Morgan fingerprint density at radius 3 is 2.76 bits per heavy atom. The van der Waals surface area contributed by atoms with Crippen LogP contribution in [0.1, 0.15) is 28.9 Å². The van der Waals surface area contributed by atoms with E-state index in [1.807, 2.05) is 0 Å². The largest absolute Gasteiger partial charge is 0.465 e. The molecule has 2 rings (SSSR count). The Bertz CT molecular complexity index is 531. The summed E-state index contributed by atoms with van der Waals surface area (Å²) < 4.78 is 6.10. The maximum absolute atomic E-state index is 11.6. The number of carbonyl (C=O) groups is 2. The normalized spacial score (nSPS) is 17.1. The second kappa shape index (κ2) is 3.70. The third-order valence-corrected chi connectivity index (χ3v) is 3.01. The van der Waals surface area contributed by atoms with Crippen LogP contribution < -0.4 is 0 Å². The molecule has 0 N–H and O–H groups in total. The second-order valence-corrected chi connectivity index (χ2v) is 4.11. The van der Waals surface area contributed by atoms with Crippen LogP contribution in [0.2, 0.25) is 0 Å². The van der Waals surface area contributed by atoms with E-state index in [2.05, 4.69) is 15.9 Å². The molecule has 1 fully saturated rings. The molecule has 6 heteroatoms. The minimum Gasteiger partial charge on any atom is -0.465 e. The second-order valence-electron chi connectivity index (χ2n) is 4.11. The average Bonchev–Trinajstić information content (AvgIpc) is 2.66. The van der Waals surface area contributed by atoms with Crippen molar-refractivity contribution >= 4 is 11.8 Å². The van der Waals surface area contributed by atoms with Crippen molar-refractivity contribution in [2.45, 2.75) is 18.3 Å². The van der Waals surface area contributed by atoms with Crippen LogP contribution in [0.25, 0.3) is 0 Å². The number of ether oxygens (including phenoxy) is 1. The molecule has 0 atom stereocenters. The first-order valence-corrected chi connectivity index (χ1v) is 5.08. The van der Waals surface area contributed by atoms with Crippen LogP contribution in [0.15, 0.2) is 6.20 Å². The minimum absolute atomic E-state index is 0.0172. The van der Waals surface area contributed by atoms with Gasteiger partial charge in [0.1, 0.15) is 16.8 Å². The highest BCUT2D eigenvalue weighted by molar-refractivity contribution is 5.95. The highest BCUT2D eigenvalue weighted by Crippen LogP contribution is 2.42. The molecule has 6 nitrogen and oxygen atoms in total. The topological polar surface area (TPSA) is 85.0 Å². The van der Waals surface area contributed by atoms with Gasteiger partial charge in [-0.15, -0.1) is 0 Å². The first kappa shape index (κ1) is 11.3. The lowest BCUT2D eigenvalue weighted by Crippen LogP contribution is -2.43. The van der Waals surface area contributed by atoms with E-state index in [0.29, 0.717) is 5.69 Å². The maximum Gasteiger partial charge on any atom is 0.341 e. The van der Waals surface area contributed by atoms with E-state index < -0.39 is 11.4 Å². The van der Waals surface area contributed by atoms with E-state index in [1.165, 1.54) is 18.0 Å². The quantitative estimate of drug-likeness (QED) is 0.687. The Labute approximate surface area is 97.8 Å². The van der Waals surface area contributed by atoms with Crippen LogP contribution in [0.4, 0.5) is 0 Å². The molecule has 1 aromatic rings. The number of aryl methyl sites for hydroxylation is 1. The van der Waals surface area contributed by atoms with E-state index in [1.54, 1.807) is 7.05 Å². The van der Waals surface area contributed by atoms with Crippen molar-refractivity contribution in [3.63, 3.8) is 0 Å². The molecule has 0 spiro atoms. The predicted octanol–water partition coefficient (Wildman–Crippen LogP) is 0.331. The smallest absolute Gasteiger partial charge is 0.341 e. The van der Waals surface area contributed by atoms with Crippen LogP contribution in [0.5, 0.6) is 0 Å². The van der Waals surface area contributed by atoms with Gasteiger partial charge >= 0.3 is 5.97 Å². The van der Waals surface area contributed by atoms with Gasteiger partial charge in [0.05, 0.1) is 25.1 Å². The summed E-state index contributed by atoms with van der Waals surface area (Å²) in [5, 5.41) is 13.2.